The van der Waals surface area contributed by atoms with Gasteiger partial charge in [-0.05, 0) is 43.5 Å². The van der Waals surface area contributed by atoms with Crippen LogP contribution in [0.4, 0.5) is 5.69 Å². The molecular weight excluding hydrogens is 178 g/mol. The third-order valence-corrected chi connectivity index (χ3v) is 2.01. The van der Waals surface area contributed by atoms with Crippen molar-refractivity contribution in [2.24, 2.45) is 0 Å². The molecule has 1 aromatic carbocycles. The number of benzene rings is 1. The maximum absolute atomic E-state index is 8.58. The van der Waals surface area contributed by atoms with E-state index in [-0.39, 0.29) is 6.61 Å². The Morgan fingerprint density at radius 2 is 2.14 bits per heavy atom. The van der Waals surface area contributed by atoms with Crippen LogP contribution in [0.2, 0.25) is 0 Å². The average Bonchev–Trinajstić information content (AvgIpc) is 2.15. The fraction of sp³-hybridized carbons (Fsp3) is 0.455. The summed E-state index contributed by atoms with van der Waals surface area (Å²) in [6.07, 6.45) is 1.66. The highest BCUT2D eigenvalue weighted by molar-refractivity contribution is 5.47. The zero-order chi connectivity index (χ0) is 10.4. The number of aliphatic hydroxyl groups is 1. The molecule has 0 aliphatic rings. The van der Waals surface area contributed by atoms with E-state index in [1.54, 1.807) is 0 Å². The molecule has 0 aliphatic carbocycles. The number of aryl methyl sites for hydroxylation is 1. The number of nitrogen functional groups attached to an aromatic ring is 1. The van der Waals surface area contributed by atoms with Crippen LogP contribution < -0.4 is 10.5 Å². The fourth-order valence-corrected chi connectivity index (χ4v) is 1.23. The molecule has 0 amide bonds. The van der Waals surface area contributed by atoms with Gasteiger partial charge in [-0.2, -0.15) is 0 Å². The lowest BCUT2D eigenvalue weighted by Gasteiger charge is -2.08. The van der Waals surface area contributed by atoms with E-state index in [0.717, 1.165) is 29.8 Å². The minimum absolute atomic E-state index is 0.226. The molecular formula is C11H17NO2. The summed E-state index contributed by atoms with van der Waals surface area (Å²) in [5.74, 6) is 0.872. The molecule has 0 fully saturated rings. The summed E-state index contributed by atoms with van der Waals surface area (Å²) in [6, 6.07) is 5.60. The Labute approximate surface area is 84.5 Å². The Bertz CT molecular complexity index is 287. The van der Waals surface area contributed by atoms with Crippen molar-refractivity contribution in [3.63, 3.8) is 0 Å². The highest BCUT2D eigenvalue weighted by Gasteiger charge is 1.98. The largest absolute Gasteiger partial charge is 0.493 e. The molecule has 78 valence electrons. The van der Waals surface area contributed by atoms with Crippen LogP contribution in [0.25, 0.3) is 0 Å². The van der Waals surface area contributed by atoms with Crippen LogP contribution >= 0.6 is 0 Å². The maximum atomic E-state index is 8.58. The second-order valence-corrected chi connectivity index (χ2v) is 3.30. The zero-order valence-corrected chi connectivity index (χ0v) is 8.49. The Balaban J connectivity index is 2.42. The molecule has 0 atom stereocenters. The minimum atomic E-state index is 0.226. The number of anilines is 1. The predicted octanol–water partition coefficient (Wildman–Crippen LogP) is 1.73. The standard InChI is InChI=1S/C11H17NO2/c1-9-8-10(12)4-5-11(9)14-7-3-2-6-13/h4-5,8,13H,2-3,6-7,12H2,1H3. The summed E-state index contributed by atoms with van der Waals surface area (Å²) in [5, 5.41) is 8.58. The number of unbranched alkanes of at least 4 members (excludes halogenated alkanes) is 1. The smallest absolute Gasteiger partial charge is 0.122 e. The quantitative estimate of drug-likeness (QED) is 0.555. The van der Waals surface area contributed by atoms with Crippen LogP contribution in [0.3, 0.4) is 0 Å². The summed E-state index contributed by atoms with van der Waals surface area (Å²) in [7, 11) is 0. The molecule has 3 N–H and O–H groups in total. The summed E-state index contributed by atoms with van der Waals surface area (Å²) in [5.41, 5.74) is 7.42. The predicted molar refractivity (Wildman–Crippen MR) is 57.4 cm³/mol. The fourth-order valence-electron chi connectivity index (χ4n) is 1.23. The SMILES string of the molecule is Cc1cc(N)ccc1OCCCCO. The van der Waals surface area contributed by atoms with Crippen molar-refractivity contribution >= 4 is 5.69 Å². The number of rotatable bonds is 5. The number of aliphatic hydroxyl groups excluding tert-OH is 1. The Morgan fingerprint density at radius 1 is 1.36 bits per heavy atom. The lowest BCUT2D eigenvalue weighted by Crippen LogP contribution is -2.00. The van der Waals surface area contributed by atoms with E-state index >= 15 is 0 Å². The molecule has 0 bridgehead atoms. The second-order valence-electron chi connectivity index (χ2n) is 3.30. The molecule has 0 aliphatic heterocycles. The van der Waals surface area contributed by atoms with Gasteiger partial charge in [0.1, 0.15) is 5.75 Å². The molecule has 0 spiro atoms. The average molecular weight is 195 g/mol. The summed E-state index contributed by atoms with van der Waals surface area (Å²) in [4.78, 5) is 0. The Morgan fingerprint density at radius 3 is 2.79 bits per heavy atom. The summed E-state index contributed by atoms with van der Waals surface area (Å²) >= 11 is 0. The molecule has 0 saturated heterocycles. The van der Waals surface area contributed by atoms with Gasteiger partial charge in [0, 0.05) is 12.3 Å². The maximum Gasteiger partial charge on any atom is 0.122 e. The van der Waals surface area contributed by atoms with Gasteiger partial charge in [0.2, 0.25) is 0 Å². The van der Waals surface area contributed by atoms with Gasteiger partial charge in [0.25, 0.3) is 0 Å². The van der Waals surface area contributed by atoms with Crippen LogP contribution in [-0.4, -0.2) is 18.3 Å². The van der Waals surface area contributed by atoms with E-state index in [0.29, 0.717) is 6.61 Å². The number of hydrogen-bond acceptors (Lipinski definition) is 3. The number of hydrogen-bond donors (Lipinski definition) is 2. The zero-order valence-electron chi connectivity index (χ0n) is 8.49. The Hall–Kier alpha value is -1.22. The van der Waals surface area contributed by atoms with Crippen molar-refractivity contribution in [2.75, 3.05) is 18.9 Å². The van der Waals surface area contributed by atoms with E-state index in [4.69, 9.17) is 15.6 Å². The Kier molecular flexibility index (Phi) is 4.26. The van der Waals surface area contributed by atoms with Crippen molar-refractivity contribution in [1.29, 1.82) is 0 Å². The first kappa shape index (κ1) is 10.9. The molecule has 14 heavy (non-hydrogen) atoms. The molecule has 0 saturated carbocycles. The highest BCUT2D eigenvalue weighted by atomic mass is 16.5. The number of ether oxygens (including phenoxy) is 1. The van der Waals surface area contributed by atoms with Gasteiger partial charge in [-0.3, -0.25) is 0 Å². The van der Waals surface area contributed by atoms with Gasteiger partial charge < -0.3 is 15.6 Å². The van der Waals surface area contributed by atoms with Crippen LogP contribution in [-0.2, 0) is 0 Å². The lowest BCUT2D eigenvalue weighted by atomic mass is 10.2. The summed E-state index contributed by atoms with van der Waals surface area (Å²) in [6.45, 7) is 2.84. The van der Waals surface area contributed by atoms with Crippen molar-refractivity contribution in [2.45, 2.75) is 19.8 Å². The molecule has 0 heterocycles. The van der Waals surface area contributed by atoms with Gasteiger partial charge in [-0.15, -0.1) is 0 Å². The second kappa shape index (κ2) is 5.50. The van der Waals surface area contributed by atoms with E-state index in [2.05, 4.69) is 0 Å². The molecule has 1 aromatic rings. The molecule has 0 unspecified atom stereocenters. The van der Waals surface area contributed by atoms with Crippen LogP contribution in [0.1, 0.15) is 18.4 Å². The van der Waals surface area contributed by atoms with Gasteiger partial charge >= 0.3 is 0 Å². The van der Waals surface area contributed by atoms with Gasteiger partial charge in [0.05, 0.1) is 6.61 Å². The third kappa shape index (κ3) is 3.26. The first-order valence-corrected chi connectivity index (χ1v) is 4.84. The van der Waals surface area contributed by atoms with E-state index in [1.807, 2.05) is 25.1 Å². The van der Waals surface area contributed by atoms with E-state index < -0.39 is 0 Å². The molecule has 0 aromatic heterocycles. The van der Waals surface area contributed by atoms with Gasteiger partial charge in [-0.1, -0.05) is 0 Å². The van der Waals surface area contributed by atoms with Crippen molar-refractivity contribution < 1.29 is 9.84 Å². The van der Waals surface area contributed by atoms with Crippen molar-refractivity contribution in [1.82, 2.24) is 0 Å². The van der Waals surface area contributed by atoms with Crippen LogP contribution in [0.15, 0.2) is 18.2 Å². The molecule has 3 nitrogen and oxygen atoms in total. The van der Waals surface area contributed by atoms with E-state index in [9.17, 15) is 0 Å². The van der Waals surface area contributed by atoms with Gasteiger partial charge in [0.15, 0.2) is 0 Å². The molecule has 1 rings (SSSR count). The lowest BCUT2D eigenvalue weighted by molar-refractivity contribution is 0.252. The first-order chi connectivity index (χ1) is 6.74. The topological polar surface area (TPSA) is 55.5 Å². The van der Waals surface area contributed by atoms with Crippen LogP contribution in [0, 0.1) is 6.92 Å². The normalized spacial score (nSPS) is 10.1. The van der Waals surface area contributed by atoms with E-state index in [1.165, 1.54) is 0 Å². The third-order valence-electron chi connectivity index (χ3n) is 2.01. The number of nitrogens with two attached hydrogens (primary N) is 1. The highest BCUT2D eigenvalue weighted by Crippen LogP contribution is 2.20. The molecule has 0 radical (unpaired) electrons. The van der Waals surface area contributed by atoms with Crippen molar-refractivity contribution in [3.05, 3.63) is 23.8 Å². The molecule has 3 heteroatoms. The van der Waals surface area contributed by atoms with Crippen molar-refractivity contribution in [3.8, 4) is 5.75 Å². The monoisotopic (exact) mass is 195 g/mol. The van der Waals surface area contributed by atoms with Crippen LogP contribution in [0.5, 0.6) is 5.75 Å². The first-order valence-electron chi connectivity index (χ1n) is 4.84. The summed E-state index contributed by atoms with van der Waals surface area (Å²) < 4.78 is 5.53. The van der Waals surface area contributed by atoms with Gasteiger partial charge in [-0.25, -0.2) is 0 Å². The minimum Gasteiger partial charge on any atom is -0.493 e.